The first kappa shape index (κ1) is 26.0. The number of fused-ring (bicyclic) bond motifs is 5. The molecule has 5 amide bonds. The largest absolute Gasteiger partial charge is 0.336 e. The lowest BCUT2D eigenvalue weighted by molar-refractivity contribution is -0.133. The van der Waals surface area contributed by atoms with Gasteiger partial charge in [0.25, 0.3) is 0 Å². The van der Waals surface area contributed by atoms with E-state index in [-0.39, 0.29) is 18.0 Å². The van der Waals surface area contributed by atoms with Crippen LogP contribution in [0.2, 0.25) is 0 Å². The number of hydrogen-bond acceptors (Lipinski definition) is 5. The van der Waals surface area contributed by atoms with E-state index >= 15 is 0 Å². The predicted octanol–water partition coefficient (Wildman–Crippen LogP) is 3.29. The SMILES string of the molecule is O=C1Nc2ccccc2C2(CCN(C(=O)NC3Cc4ccc5[nH]ncc5c4CN(CCc4ccncc4)C3=O)CC2)N1. The van der Waals surface area contributed by atoms with Gasteiger partial charge in [-0.15, -0.1) is 0 Å². The molecule has 0 bridgehead atoms. The molecule has 1 fully saturated rings. The molecule has 214 valence electrons. The molecule has 1 unspecified atom stereocenters. The Morgan fingerprint density at radius 2 is 1.86 bits per heavy atom. The highest BCUT2D eigenvalue weighted by atomic mass is 16.2. The van der Waals surface area contributed by atoms with Gasteiger partial charge in [0, 0.05) is 61.6 Å². The summed E-state index contributed by atoms with van der Waals surface area (Å²) in [4.78, 5) is 47.7. The predicted molar refractivity (Wildman–Crippen MR) is 157 cm³/mol. The van der Waals surface area contributed by atoms with Crippen LogP contribution in [0.5, 0.6) is 0 Å². The number of para-hydroxylation sites is 1. The van der Waals surface area contributed by atoms with Gasteiger partial charge in [-0.3, -0.25) is 14.9 Å². The number of pyridine rings is 1. The molecule has 7 rings (SSSR count). The first-order valence-corrected chi connectivity index (χ1v) is 14.3. The lowest BCUT2D eigenvalue weighted by atomic mass is 9.79. The minimum atomic E-state index is -0.698. The van der Waals surface area contributed by atoms with Crippen LogP contribution in [-0.2, 0) is 29.7 Å². The average Bonchev–Trinajstić information content (AvgIpc) is 3.44. The summed E-state index contributed by atoms with van der Waals surface area (Å²) in [6, 6.07) is 14.5. The van der Waals surface area contributed by atoms with Gasteiger partial charge >= 0.3 is 12.1 Å². The van der Waals surface area contributed by atoms with E-state index in [9.17, 15) is 14.4 Å². The number of piperidine rings is 1. The number of rotatable bonds is 4. The zero-order valence-electron chi connectivity index (χ0n) is 23.1. The van der Waals surface area contributed by atoms with Crippen LogP contribution in [0.4, 0.5) is 15.3 Å². The highest BCUT2D eigenvalue weighted by molar-refractivity contribution is 5.94. The Morgan fingerprint density at radius 3 is 2.69 bits per heavy atom. The zero-order chi connectivity index (χ0) is 28.7. The van der Waals surface area contributed by atoms with E-state index in [0.29, 0.717) is 51.9 Å². The molecule has 42 heavy (non-hydrogen) atoms. The molecule has 4 N–H and O–H groups in total. The monoisotopic (exact) mass is 564 g/mol. The molecule has 0 saturated carbocycles. The molecule has 2 aromatic heterocycles. The van der Waals surface area contributed by atoms with Crippen molar-refractivity contribution in [3.8, 4) is 0 Å². The quantitative estimate of drug-likeness (QED) is 0.302. The van der Waals surface area contributed by atoms with Crippen LogP contribution in [0.15, 0.2) is 67.1 Å². The maximum Gasteiger partial charge on any atom is 0.319 e. The molecule has 4 aromatic rings. The molecular formula is C31H32N8O3. The summed E-state index contributed by atoms with van der Waals surface area (Å²) in [7, 11) is 0. The molecule has 3 aliphatic rings. The lowest BCUT2D eigenvalue weighted by Gasteiger charge is -2.45. The summed E-state index contributed by atoms with van der Waals surface area (Å²) >= 11 is 0. The van der Waals surface area contributed by atoms with Crippen LogP contribution in [0, 0.1) is 0 Å². The highest BCUT2D eigenvalue weighted by Crippen LogP contribution is 2.39. The summed E-state index contributed by atoms with van der Waals surface area (Å²) in [5.74, 6) is -0.0988. The first-order valence-electron chi connectivity index (χ1n) is 14.3. The topological polar surface area (TPSA) is 135 Å². The van der Waals surface area contributed by atoms with Crippen LogP contribution in [-0.4, -0.2) is 68.6 Å². The van der Waals surface area contributed by atoms with E-state index < -0.39 is 11.6 Å². The van der Waals surface area contributed by atoms with Crippen LogP contribution in [0.3, 0.4) is 0 Å². The van der Waals surface area contributed by atoms with Crippen molar-refractivity contribution in [2.24, 2.45) is 0 Å². The van der Waals surface area contributed by atoms with Gasteiger partial charge in [-0.05, 0) is 60.2 Å². The third kappa shape index (κ3) is 4.70. The Hall–Kier alpha value is -4.93. The molecule has 3 aliphatic heterocycles. The van der Waals surface area contributed by atoms with Gasteiger partial charge in [0.15, 0.2) is 0 Å². The van der Waals surface area contributed by atoms with E-state index in [4.69, 9.17) is 0 Å². The highest BCUT2D eigenvalue weighted by Gasteiger charge is 2.43. The van der Waals surface area contributed by atoms with E-state index in [2.05, 4.69) is 31.1 Å². The van der Waals surface area contributed by atoms with E-state index in [1.54, 1.807) is 23.5 Å². The summed E-state index contributed by atoms with van der Waals surface area (Å²) in [5, 5.41) is 17.3. The van der Waals surface area contributed by atoms with Crippen molar-refractivity contribution >= 4 is 34.6 Å². The van der Waals surface area contributed by atoms with Gasteiger partial charge < -0.3 is 25.8 Å². The summed E-state index contributed by atoms with van der Waals surface area (Å²) in [6.45, 7) is 1.88. The van der Waals surface area contributed by atoms with Gasteiger partial charge in [0.2, 0.25) is 5.91 Å². The van der Waals surface area contributed by atoms with Crippen LogP contribution < -0.4 is 16.0 Å². The van der Waals surface area contributed by atoms with Crippen molar-refractivity contribution in [2.45, 2.75) is 43.8 Å². The number of anilines is 1. The fraction of sp³-hybridized carbons (Fsp3) is 0.323. The number of hydrogen-bond donors (Lipinski definition) is 4. The van der Waals surface area contributed by atoms with Crippen molar-refractivity contribution < 1.29 is 14.4 Å². The van der Waals surface area contributed by atoms with Crippen LogP contribution >= 0.6 is 0 Å². The third-order valence-corrected chi connectivity index (χ3v) is 8.88. The fourth-order valence-corrected chi connectivity index (χ4v) is 6.58. The number of H-pyrrole nitrogens is 1. The van der Waals surface area contributed by atoms with E-state index in [1.807, 2.05) is 53.4 Å². The molecule has 1 atom stereocenters. The third-order valence-electron chi connectivity index (χ3n) is 8.88. The molecule has 0 radical (unpaired) electrons. The number of aromatic nitrogens is 3. The number of amides is 5. The Labute approximate surface area is 242 Å². The number of carbonyl (C=O) groups excluding carboxylic acids is 3. The second-order valence-corrected chi connectivity index (χ2v) is 11.3. The second-order valence-electron chi connectivity index (χ2n) is 11.3. The molecule has 2 aromatic carbocycles. The van der Waals surface area contributed by atoms with Gasteiger partial charge in [-0.25, -0.2) is 9.59 Å². The zero-order valence-corrected chi connectivity index (χ0v) is 23.1. The Bertz CT molecular complexity index is 1660. The van der Waals surface area contributed by atoms with Gasteiger partial charge in [-0.1, -0.05) is 24.3 Å². The smallest absolute Gasteiger partial charge is 0.319 e. The maximum absolute atomic E-state index is 13.9. The average molecular weight is 565 g/mol. The maximum atomic E-state index is 13.9. The van der Waals surface area contributed by atoms with E-state index in [0.717, 1.165) is 38.8 Å². The van der Waals surface area contributed by atoms with Crippen molar-refractivity contribution in [2.75, 3.05) is 25.0 Å². The minimum absolute atomic E-state index is 0.0988. The summed E-state index contributed by atoms with van der Waals surface area (Å²) in [5.41, 5.74) is 5.43. The molecule has 11 nitrogen and oxygen atoms in total. The van der Waals surface area contributed by atoms with Crippen molar-refractivity contribution in [1.29, 1.82) is 0 Å². The number of urea groups is 2. The second kappa shape index (κ2) is 10.5. The normalized spacial score (nSPS) is 19.5. The summed E-state index contributed by atoms with van der Waals surface area (Å²) < 4.78 is 0. The fourth-order valence-electron chi connectivity index (χ4n) is 6.58. The van der Waals surface area contributed by atoms with Crippen LogP contribution in [0.25, 0.3) is 10.9 Å². The number of benzene rings is 2. The van der Waals surface area contributed by atoms with Crippen molar-refractivity contribution in [3.63, 3.8) is 0 Å². The number of carbonyl (C=O) groups is 3. The minimum Gasteiger partial charge on any atom is -0.336 e. The molecule has 11 heteroatoms. The standard InChI is InChI=1S/C31H32N8O3/c40-28-27(35-30(42)38-15-10-31(11-16-38)24-3-1-2-4-26(24)34-29(41)36-31)17-21-5-6-25-22(18-33-37-25)23(21)19-39(28)14-9-20-7-12-32-13-8-20/h1-8,12-13,18,27H,9-11,14-17,19H2,(H,33,37)(H,35,42)(H2,34,36,41). The summed E-state index contributed by atoms with van der Waals surface area (Å²) in [6.07, 6.45) is 7.57. The van der Waals surface area contributed by atoms with Crippen molar-refractivity contribution in [1.82, 2.24) is 35.6 Å². The molecule has 0 aliphatic carbocycles. The molecular weight excluding hydrogens is 532 g/mol. The van der Waals surface area contributed by atoms with Gasteiger partial charge in [-0.2, -0.15) is 5.10 Å². The number of nitrogens with one attached hydrogen (secondary N) is 4. The van der Waals surface area contributed by atoms with Gasteiger partial charge in [0.1, 0.15) is 6.04 Å². The van der Waals surface area contributed by atoms with Gasteiger partial charge in [0.05, 0.1) is 17.3 Å². The Kier molecular flexibility index (Phi) is 6.49. The number of nitrogens with zero attached hydrogens (tertiary/aromatic N) is 4. The number of aromatic amines is 1. The molecule has 5 heterocycles. The Balaban J connectivity index is 1.10. The number of likely N-dealkylation sites (tertiary alicyclic amines) is 1. The Morgan fingerprint density at radius 1 is 1.05 bits per heavy atom. The molecule has 1 spiro atoms. The van der Waals surface area contributed by atoms with E-state index in [1.165, 1.54) is 0 Å². The van der Waals surface area contributed by atoms with Crippen LogP contribution in [0.1, 0.15) is 35.1 Å². The van der Waals surface area contributed by atoms with Crippen molar-refractivity contribution in [3.05, 3.63) is 89.4 Å². The lowest BCUT2D eigenvalue weighted by Crippen LogP contribution is -2.59. The first-order chi connectivity index (χ1) is 20.5. The molecule has 1 saturated heterocycles.